The maximum absolute atomic E-state index is 11.2. The molecule has 0 heterocycles. The van der Waals surface area contributed by atoms with Gasteiger partial charge in [-0.1, -0.05) is 37.6 Å². The molecule has 1 unspecified atom stereocenters. The molecular weight excluding hydrogens is 244 g/mol. The molecule has 0 radical (unpaired) electrons. The molecule has 0 aliphatic rings. The number of esters is 1. The van der Waals surface area contributed by atoms with Crippen LogP contribution in [0.1, 0.15) is 33.1 Å². The largest absolute Gasteiger partial charge is 0.464 e. The fourth-order valence-corrected chi connectivity index (χ4v) is 1.13. The lowest BCUT2D eigenvalue weighted by molar-refractivity contribution is -0.143. The second kappa shape index (κ2) is 11.5. The zero-order valence-electron chi connectivity index (χ0n) is 11.7. The maximum atomic E-state index is 11.2. The normalized spacial score (nSPS) is 12.8. The molecule has 0 aliphatic carbocycles. The average Bonchev–Trinajstić information content (AvgIpc) is 2.38. The van der Waals surface area contributed by atoms with Crippen LogP contribution in [0.3, 0.4) is 0 Å². The number of hydrogen-bond acceptors (Lipinski definition) is 4. The SMILES string of the molecule is CCC/C=C\C=C/CCOC(=O)CNC(=O)C(C)N. The fourth-order valence-electron chi connectivity index (χ4n) is 1.13. The van der Waals surface area contributed by atoms with Crippen LogP contribution in [0.25, 0.3) is 0 Å². The third-order valence-corrected chi connectivity index (χ3v) is 2.21. The van der Waals surface area contributed by atoms with Crippen LogP contribution in [0.5, 0.6) is 0 Å². The van der Waals surface area contributed by atoms with Gasteiger partial charge in [-0.2, -0.15) is 0 Å². The number of hydrogen-bond donors (Lipinski definition) is 2. The number of ether oxygens (including phenoxy) is 1. The van der Waals surface area contributed by atoms with E-state index in [2.05, 4.69) is 18.3 Å². The molecule has 0 aromatic carbocycles. The first-order valence-corrected chi connectivity index (χ1v) is 6.58. The Bertz CT molecular complexity index is 323. The summed E-state index contributed by atoms with van der Waals surface area (Å²) in [4.78, 5) is 22.3. The molecule has 108 valence electrons. The van der Waals surface area contributed by atoms with Crippen LogP contribution in [-0.4, -0.2) is 31.1 Å². The molecule has 3 N–H and O–H groups in total. The summed E-state index contributed by atoms with van der Waals surface area (Å²) in [5.74, 6) is -0.818. The van der Waals surface area contributed by atoms with Crippen molar-refractivity contribution in [2.45, 2.75) is 39.2 Å². The standard InChI is InChI=1S/C14H24N2O3/c1-3-4-5-6-7-8-9-10-19-13(17)11-16-14(18)12(2)15/h5-8,12H,3-4,9-11,15H2,1-2H3,(H,16,18)/b6-5-,8-7-. The minimum absolute atomic E-state index is 0.138. The fraction of sp³-hybridized carbons (Fsp3) is 0.571. The van der Waals surface area contributed by atoms with Crippen LogP contribution in [0.15, 0.2) is 24.3 Å². The van der Waals surface area contributed by atoms with Gasteiger partial charge in [0.1, 0.15) is 6.54 Å². The van der Waals surface area contributed by atoms with Gasteiger partial charge < -0.3 is 15.8 Å². The Morgan fingerprint density at radius 3 is 2.47 bits per heavy atom. The van der Waals surface area contributed by atoms with Crippen molar-refractivity contribution in [3.63, 3.8) is 0 Å². The molecule has 0 saturated carbocycles. The van der Waals surface area contributed by atoms with E-state index in [-0.39, 0.29) is 12.5 Å². The van der Waals surface area contributed by atoms with Crippen LogP contribution in [0, 0.1) is 0 Å². The summed E-state index contributed by atoms with van der Waals surface area (Å²) in [6.07, 6.45) is 10.8. The lowest BCUT2D eigenvalue weighted by atomic mass is 10.3. The van der Waals surface area contributed by atoms with Gasteiger partial charge in [-0.15, -0.1) is 0 Å². The highest BCUT2D eigenvalue weighted by atomic mass is 16.5. The third kappa shape index (κ3) is 11.2. The first kappa shape index (κ1) is 17.4. The topological polar surface area (TPSA) is 81.4 Å². The van der Waals surface area contributed by atoms with E-state index < -0.39 is 12.0 Å². The minimum atomic E-state index is -0.620. The zero-order chi connectivity index (χ0) is 14.5. The Morgan fingerprint density at radius 1 is 1.26 bits per heavy atom. The molecule has 0 fully saturated rings. The molecule has 0 saturated heterocycles. The van der Waals surface area contributed by atoms with Crippen molar-refractivity contribution >= 4 is 11.9 Å². The van der Waals surface area contributed by atoms with Crippen molar-refractivity contribution in [2.75, 3.05) is 13.2 Å². The van der Waals surface area contributed by atoms with E-state index in [1.54, 1.807) is 6.92 Å². The molecule has 5 nitrogen and oxygen atoms in total. The van der Waals surface area contributed by atoms with Gasteiger partial charge in [-0.3, -0.25) is 9.59 Å². The number of nitrogens with one attached hydrogen (secondary N) is 1. The van der Waals surface area contributed by atoms with Gasteiger partial charge in [0.2, 0.25) is 5.91 Å². The third-order valence-electron chi connectivity index (χ3n) is 2.21. The zero-order valence-corrected chi connectivity index (χ0v) is 11.7. The van der Waals surface area contributed by atoms with Crippen molar-refractivity contribution in [2.24, 2.45) is 5.73 Å². The molecule has 1 atom stereocenters. The highest BCUT2D eigenvalue weighted by molar-refractivity contribution is 5.85. The quantitative estimate of drug-likeness (QED) is 0.375. The predicted octanol–water partition coefficient (Wildman–Crippen LogP) is 1.30. The highest BCUT2D eigenvalue weighted by Crippen LogP contribution is 1.91. The van der Waals surface area contributed by atoms with E-state index in [1.165, 1.54) is 0 Å². The minimum Gasteiger partial charge on any atom is -0.464 e. The summed E-state index contributed by atoms with van der Waals surface area (Å²) in [5, 5.41) is 2.39. The smallest absolute Gasteiger partial charge is 0.325 e. The van der Waals surface area contributed by atoms with Gasteiger partial charge in [-0.25, -0.2) is 0 Å². The molecule has 0 aromatic rings. The van der Waals surface area contributed by atoms with E-state index in [9.17, 15) is 9.59 Å². The highest BCUT2D eigenvalue weighted by Gasteiger charge is 2.09. The van der Waals surface area contributed by atoms with Gasteiger partial charge >= 0.3 is 5.97 Å². The van der Waals surface area contributed by atoms with E-state index >= 15 is 0 Å². The second-order valence-corrected chi connectivity index (χ2v) is 4.16. The molecule has 19 heavy (non-hydrogen) atoms. The van der Waals surface area contributed by atoms with E-state index in [4.69, 9.17) is 10.5 Å². The summed E-state index contributed by atoms with van der Waals surface area (Å²) in [5.41, 5.74) is 5.33. The number of carbonyl (C=O) groups excluding carboxylic acids is 2. The number of allylic oxidation sites excluding steroid dienone is 3. The summed E-state index contributed by atoms with van der Waals surface area (Å²) in [6.45, 7) is 3.85. The van der Waals surface area contributed by atoms with Crippen molar-refractivity contribution in [3.05, 3.63) is 24.3 Å². The maximum Gasteiger partial charge on any atom is 0.325 e. The van der Waals surface area contributed by atoms with Crippen LogP contribution < -0.4 is 11.1 Å². The predicted molar refractivity (Wildman–Crippen MR) is 75.4 cm³/mol. The molecule has 0 rings (SSSR count). The van der Waals surface area contributed by atoms with Crippen LogP contribution in [0.4, 0.5) is 0 Å². The molecule has 0 aliphatic heterocycles. The number of carbonyl (C=O) groups is 2. The number of nitrogens with two attached hydrogens (primary N) is 1. The molecule has 0 aromatic heterocycles. The van der Waals surface area contributed by atoms with Crippen molar-refractivity contribution in [1.82, 2.24) is 5.32 Å². The Morgan fingerprint density at radius 2 is 1.89 bits per heavy atom. The first-order chi connectivity index (χ1) is 9.07. The Hall–Kier alpha value is -1.62. The van der Waals surface area contributed by atoms with E-state index in [0.717, 1.165) is 12.8 Å². The molecule has 5 heteroatoms. The monoisotopic (exact) mass is 268 g/mol. The van der Waals surface area contributed by atoms with Crippen LogP contribution >= 0.6 is 0 Å². The Kier molecular flexibility index (Phi) is 10.5. The van der Waals surface area contributed by atoms with Gasteiger partial charge in [0.15, 0.2) is 0 Å². The molecule has 0 spiro atoms. The molecule has 1 amide bonds. The Balaban J connectivity index is 3.56. The lowest BCUT2D eigenvalue weighted by Crippen LogP contribution is -2.41. The van der Waals surface area contributed by atoms with E-state index in [1.807, 2.05) is 18.2 Å². The van der Waals surface area contributed by atoms with Crippen molar-refractivity contribution < 1.29 is 14.3 Å². The van der Waals surface area contributed by atoms with Gasteiger partial charge in [0, 0.05) is 0 Å². The summed E-state index contributed by atoms with van der Waals surface area (Å²) < 4.78 is 4.93. The first-order valence-electron chi connectivity index (χ1n) is 6.58. The van der Waals surface area contributed by atoms with Crippen molar-refractivity contribution in [1.29, 1.82) is 0 Å². The van der Waals surface area contributed by atoms with Gasteiger partial charge in [0.05, 0.1) is 12.6 Å². The molecule has 0 bridgehead atoms. The Labute approximate surface area is 114 Å². The summed E-state index contributed by atoms with van der Waals surface area (Å²) in [7, 11) is 0. The van der Waals surface area contributed by atoms with Crippen molar-refractivity contribution in [3.8, 4) is 0 Å². The lowest BCUT2D eigenvalue weighted by Gasteiger charge is -2.07. The van der Waals surface area contributed by atoms with Crippen LogP contribution in [0.2, 0.25) is 0 Å². The summed E-state index contributed by atoms with van der Waals surface area (Å²) >= 11 is 0. The number of amides is 1. The molecular formula is C14H24N2O3. The number of rotatable bonds is 9. The van der Waals surface area contributed by atoms with Crippen LogP contribution in [-0.2, 0) is 14.3 Å². The number of unbranched alkanes of at least 4 members (excludes halogenated alkanes) is 1. The summed E-state index contributed by atoms with van der Waals surface area (Å²) in [6, 6.07) is -0.620. The van der Waals surface area contributed by atoms with Gasteiger partial charge in [0.25, 0.3) is 0 Å². The van der Waals surface area contributed by atoms with Gasteiger partial charge in [-0.05, 0) is 19.8 Å². The average molecular weight is 268 g/mol. The van der Waals surface area contributed by atoms with E-state index in [0.29, 0.717) is 13.0 Å². The second-order valence-electron chi connectivity index (χ2n) is 4.16.